The first-order chi connectivity index (χ1) is 11.1. The van der Waals surface area contributed by atoms with Gasteiger partial charge in [0, 0.05) is 0 Å². The Kier molecular flexibility index (Phi) is 7.07. The monoisotopic (exact) mass is 337 g/mol. The van der Waals surface area contributed by atoms with Crippen LogP contribution in [0.3, 0.4) is 0 Å². The summed E-state index contributed by atoms with van der Waals surface area (Å²) in [5.41, 5.74) is 0.211. The van der Waals surface area contributed by atoms with Gasteiger partial charge in [-0.15, -0.1) is 0 Å². The Morgan fingerprint density at radius 1 is 1.12 bits per heavy atom. The van der Waals surface area contributed by atoms with E-state index in [1.54, 1.807) is 40.0 Å². The average molecular weight is 337 g/mol. The third kappa shape index (κ3) is 6.89. The van der Waals surface area contributed by atoms with Crippen molar-refractivity contribution in [1.82, 2.24) is 5.32 Å². The van der Waals surface area contributed by atoms with E-state index in [2.05, 4.69) is 5.32 Å². The minimum atomic E-state index is -0.766. The van der Waals surface area contributed by atoms with Crippen LogP contribution in [0.1, 0.15) is 40.2 Å². The second-order valence-electron chi connectivity index (χ2n) is 6.82. The maximum absolute atomic E-state index is 12.3. The molecular weight excluding hydrogens is 310 g/mol. The SMILES string of the molecule is COc1ccc(COC(=O)C(NC(=O)OC(C)(C)C)C(C)C)cc1. The summed E-state index contributed by atoms with van der Waals surface area (Å²) in [5, 5.41) is 2.57. The van der Waals surface area contributed by atoms with Gasteiger partial charge in [-0.3, -0.25) is 0 Å². The number of esters is 1. The van der Waals surface area contributed by atoms with Crippen molar-refractivity contribution >= 4 is 12.1 Å². The smallest absolute Gasteiger partial charge is 0.408 e. The Labute approximate surface area is 143 Å². The molecule has 0 aromatic heterocycles. The van der Waals surface area contributed by atoms with E-state index >= 15 is 0 Å². The van der Waals surface area contributed by atoms with E-state index in [4.69, 9.17) is 14.2 Å². The van der Waals surface area contributed by atoms with E-state index in [9.17, 15) is 9.59 Å². The van der Waals surface area contributed by atoms with E-state index in [0.29, 0.717) is 0 Å². The van der Waals surface area contributed by atoms with Crippen molar-refractivity contribution in [2.24, 2.45) is 5.92 Å². The van der Waals surface area contributed by atoms with Gasteiger partial charge >= 0.3 is 12.1 Å². The Morgan fingerprint density at radius 3 is 2.17 bits per heavy atom. The van der Waals surface area contributed by atoms with Crippen molar-refractivity contribution < 1.29 is 23.8 Å². The molecule has 0 aliphatic rings. The lowest BCUT2D eigenvalue weighted by Crippen LogP contribution is -2.47. The molecule has 1 atom stereocenters. The molecule has 1 unspecified atom stereocenters. The van der Waals surface area contributed by atoms with Crippen molar-refractivity contribution in [3.63, 3.8) is 0 Å². The zero-order chi connectivity index (χ0) is 18.3. The molecule has 0 fully saturated rings. The molecule has 1 rings (SSSR count). The number of benzene rings is 1. The number of rotatable bonds is 6. The van der Waals surface area contributed by atoms with Gasteiger partial charge < -0.3 is 19.5 Å². The van der Waals surface area contributed by atoms with E-state index in [1.807, 2.05) is 26.0 Å². The molecule has 1 aromatic rings. The second-order valence-corrected chi connectivity index (χ2v) is 6.82. The van der Waals surface area contributed by atoms with Gasteiger partial charge in [0.2, 0.25) is 0 Å². The Bertz CT molecular complexity index is 546. The summed E-state index contributed by atoms with van der Waals surface area (Å²) in [6, 6.07) is 6.46. The van der Waals surface area contributed by atoms with Crippen molar-refractivity contribution in [2.45, 2.75) is 52.9 Å². The fraction of sp³-hybridized carbons (Fsp3) is 0.556. The predicted octanol–water partition coefficient (Wildman–Crippen LogP) is 3.29. The fourth-order valence-corrected chi connectivity index (χ4v) is 1.90. The van der Waals surface area contributed by atoms with E-state index in [1.165, 1.54) is 0 Å². The fourth-order valence-electron chi connectivity index (χ4n) is 1.90. The lowest BCUT2D eigenvalue weighted by atomic mass is 10.1. The first-order valence-corrected chi connectivity index (χ1v) is 7.91. The van der Waals surface area contributed by atoms with Crippen LogP contribution in [0.25, 0.3) is 0 Å². The van der Waals surface area contributed by atoms with Gasteiger partial charge in [0.05, 0.1) is 7.11 Å². The highest BCUT2D eigenvalue weighted by atomic mass is 16.6. The van der Waals surface area contributed by atoms with Crippen LogP contribution in [0.2, 0.25) is 0 Å². The van der Waals surface area contributed by atoms with Crippen molar-refractivity contribution in [1.29, 1.82) is 0 Å². The minimum absolute atomic E-state index is 0.124. The maximum atomic E-state index is 12.3. The molecule has 0 aliphatic heterocycles. The topological polar surface area (TPSA) is 73.9 Å². The quantitative estimate of drug-likeness (QED) is 0.806. The molecule has 6 nitrogen and oxygen atoms in total. The molecule has 0 radical (unpaired) electrons. The summed E-state index contributed by atoms with van der Waals surface area (Å²) in [6.07, 6.45) is -0.636. The number of carbonyl (C=O) groups excluding carboxylic acids is 2. The van der Waals surface area contributed by atoms with Gasteiger partial charge in [0.1, 0.15) is 24.0 Å². The molecule has 0 saturated carbocycles. The molecule has 0 saturated heterocycles. The Morgan fingerprint density at radius 2 is 1.71 bits per heavy atom. The standard InChI is InChI=1S/C18H27NO5/c1-12(2)15(19-17(21)24-18(3,4)5)16(20)23-11-13-7-9-14(22-6)10-8-13/h7-10,12,15H,11H2,1-6H3,(H,19,21). The third-order valence-corrected chi connectivity index (χ3v) is 3.13. The second kappa shape index (κ2) is 8.57. The summed E-state index contributed by atoms with van der Waals surface area (Å²) in [5.74, 6) is 0.115. The van der Waals surface area contributed by atoms with Crippen LogP contribution in [-0.4, -0.2) is 30.8 Å². The molecule has 0 heterocycles. The zero-order valence-electron chi connectivity index (χ0n) is 15.2. The highest BCUT2D eigenvalue weighted by Gasteiger charge is 2.28. The summed E-state index contributed by atoms with van der Waals surface area (Å²) >= 11 is 0. The molecule has 0 aliphatic carbocycles. The van der Waals surface area contributed by atoms with E-state index in [0.717, 1.165) is 11.3 Å². The molecule has 1 amide bonds. The summed E-state index contributed by atoms with van der Waals surface area (Å²) in [4.78, 5) is 24.1. The van der Waals surface area contributed by atoms with Gasteiger partial charge in [0.15, 0.2) is 0 Å². The molecule has 0 spiro atoms. The van der Waals surface area contributed by atoms with Crippen LogP contribution in [0.5, 0.6) is 5.75 Å². The van der Waals surface area contributed by atoms with Gasteiger partial charge in [0.25, 0.3) is 0 Å². The first kappa shape index (κ1) is 19.8. The van der Waals surface area contributed by atoms with Crippen molar-refractivity contribution in [3.8, 4) is 5.75 Å². The number of hydrogen-bond donors (Lipinski definition) is 1. The third-order valence-electron chi connectivity index (χ3n) is 3.13. The van der Waals surface area contributed by atoms with E-state index < -0.39 is 23.7 Å². The predicted molar refractivity (Wildman–Crippen MR) is 90.8 cm³/mol. The Balaban J connectivity index is 2.61. The molecule has 1 aromatic carbocycles. The number of methoxy groups -OCH3 is 1. The highest BCUT2D eigenvalue weighted by molar-refractivity contribution is 5.81. The lowest BCUT2D eigenvalue weighted by Gasteiger charge is -2.24. The number of hydrogen-bond acceptors (Lipinski definition) is 5. The summed E-state index contributed by atoms with van der Waals surface area (Å²) in [6.45, 7) is 9.08. The average Bonchev–Trinajstić information content (AvgIpc) is 2.48. The van der Waals surface area contributed by atoms with Gasteiger partial charge in [-0.05, 0) is 44.4 Å². The zero-order valence-corrected chi connectivity index (χ0v) is 15.2. The molecule has 24 heavy (non-hydrogen) atoms. The number of amides is 1. The normalized spacial score (nSPS) is 12.5. The van der Waals surface area contributed by atoms with Crippen LogP contribution in [0.4, 0.5) is 4.79 Å². The van der Waals surface area contributed by atoms with Crippen molar-refractivity contribution in [3.05, 3.63) is 29.8 Å². The molecule has 134 valence electrons. The summed E-state index contributed by atoms with van der Waals surface area (Å²) in [7, 11) is 1.59. The number of nitrogens with one attached hydrogen (secondary N) is 1. The van der Waals surface area contributed by atoms with Gasteiger partial charge in [-0.25, -0.2) is 9.59 Å². The van der Waals surface area contributed by atoms with Crippen LogP contribution < -0.4 is 10.1 Å². The largest absolute Gasteiger partial charge is 0.497 e. The highest BCUT2D eigenvalue weighted by Crippen LogP contribution is 2.13. The van der Waals surface area contributed by atoms with Crippen LogP contribution in [0, 0.1) is 5.92 Å². The number of alkyl carbamates (subject to hydrolysis) is 1. The Hall–Kier alpha value is -2.24. The lowest BCUT2D eigenvalue weighted by molar-refractivity contribution is -0.148. The maximum Gasteiger partial charge on any atom is 0.408 e. The van der Waals surface area contributed by atoms with Crippen molar-refractivity contribution in [2.75, 3.05) is 7.11 Å². The minimum Gasteiger partial charge on any atom is -0.497 e. The van der Waals surface area contributed by atoms with E-state index in [-0.39, 0.29) is 12.5 Å². The van der Waals surface area contributed by atoms with Crippen LogP contribution >= 0.6 is 0 Å². The molecular formula is C18H27NO5. The van der Waals surface area contributed by atoms with Crippen LogP contribution in [-0.2, 0) is 20.9 Å². The van der Waals surface area contributed by atoms with Gasteiger partial charge in [-0.2, -0.15) is 0 Å². The summed E-state index contributed by atoms with van der Waals surface area (Å²) < 4.78 is 15.6. The number of ether oxygens (including phenoxy) is 3. The molecule has 1 N–H and O–H groups in total. The molecule has 6 heteroatoms. The first-order valence-electron chi connectivity index (χ1n) is 7.91. The van der Waals surface area contributed by atoms with Crippen LogP contribution in [0.15, 0.2) is 24.3 Å². The van der Waals surface area contributed by atoms with Gasteiger partial charge in [-0.1, -0.05) is 26.0 Å². The molecule has 0 bridgehead atoms. The number of carbonyl (C=O) groups is 2.